The van der Waals surface area contributed by atoms with Crippen LogP contribution in [0.2, 0.25) is 0 Å². The third kappa shape index (κ3) is 5.04. The van der Waals surface area contributed by atoms with Crippen molar-refractivity contribution < 1.29 is 9.66 Å². The zero-order valence-electron chi connectivity index (χ0n) is 15.6. The molecule has 0 aliphatic rings. The molecule has 5 nitrogen and oxygen atoms in total. The highest BCUT2D eigenvalue weighted by Gasteiger charge is 2.06. The smallest absolute Gasteiger partial charge is 0.269 e. The number of nitro benzene ring substituents is 1. The lowest BCUT2D eigenvalue weighted by Gasteiger charge is -2.09. The van der Waals surface area contributed by atoms with Crippen LogP contribution in [-0.2, 0) is 6.61 Å². The Morgan fingerprint density at radius 2 is 1.82 bits per heavy atom. The maximum atomic E-state index is 10.7. The Morgan fingerprint density at radius 1 is 1.07 bits per heavy atom. The number of ether oxygens (including phenoxy) is 1. The largest absolute Gasteiger partial charge is 0.488 e. The molecular formula is C22H19BrN2O3. The van der Waals surface area contributed by atoms with Gasteiger partial charge in [0, 0.05) is 18.3 Å². The molecule has 3 rings (SSSR count). The van der Waals surface area contributed by atoms with E-state index in [-0.39, 0.29) is 5.69 Å². The molecule has 0 atom stereocenters. The van der Waals surface area contributed by atoms with Crippen molar-refractivity contribution in [2.45, 2.75) is 20.5 Å². The van der Waals surface area contributed by atoms with E-state index >= 15 is 0 Å². The minimum atomic E-state index is -0.417. The third-order valence-corrected chi connectivity index (χ3v) is 4.83. The topological polar surface area (TPSA) is 64.7 Å². The van der Waals surface area contributed by atoms with Gasteiger partial charge in [-0.15, -0.1) is 0 Å². The number of aliphatic imine (C=N–C) groups is 1. The van der Waals surface area contributed by atoms with E-state index in [0.29, 0.717) is 12.4 Å². The zero-order valence-corrected chi connectivity index (χ0v) is 17.1. The van der Waals surface area contributed by atoms with Crippen LogP contribution in [0.1, 0.15) is 22.3 Å². The Labute approximate surface area is 172 Å². The maximum Gasteiger partial charge on any atom is 0.269 e. The number of halogens is 1. The molecule has 0 heterocycles. The van der Waals surface area contributed by atoms with E-state index in [4.69, 9.17) is 4.74 Å². The molecule has 0 bridgehead atoms. The van der Waals surface area contributed by atoms with Gasteiger partial charge >= 0.3 is 0 Å². The van der Waals surface area contributed by atoms with Crippen LogP contribution in [0.4, 0.5) is 11.4 Å². The highest BCUT2D eigenvalue weighted by atomic mass is 79.9. The first-order valence-corrected chi connectivity index (χ1v) is 9.49. The average molecular weight is 439 g/mol. The predicted molar refractivity (Wildman–Crippen MR) is 115 cm³/mol. The highest BCUT2D eigenvalue weighted by Crippen LogP contribution is 2.27. The van der Waals surface area contributed by atoms with Crippen LogP contribution in [0.3, 0.4) is 0 Å². The van der Waals surface area contributed by atoms with Gasteiger partial charge < -0.3 is 4.74 Å². The number of hydrogen-bond donors (Lipinski definition) is 0. The summed E-state index contributed by atoms with van der Waals surface area (Å²) in [7, 11) is 0. The number of aryl methyl sites for hydroxylation is 2. The van der Waals surface area contributed by atoms with Crippen LogP contribution in [0.15, 0.2) is 70.1 Å². The van der Waals surface area contributed by atoms with Crippen molar-refractivity contribution in [1.29, 1.82) is 0 Å². The van der Waals surface area contributed by atoms with Crippen LogP contribution in [0.5, 0.6) is 5.75 Å². The first-order valence-electron chi connectivity index (χ1n) is 8.69. The monoisotopic (exact) mass is 438 g/mol. The van der Waals surface area contributed by atoms with E-state index in [0.717, 1.165) is 26.9 Å². The maximum absolute atomic E-state index is 10.7. The Kier molecular flexibility index (Phi) is 6.21. The molecule has 0 aliphatic carbocycles. The van der Waals surface area contributed by atoms with Crippen molar-refractivity contribution in [2.75, 3.05) is 0 Å². The van der Waals surface area contributed by atoms with Gasteiger partial charge in [-0.2, -0.15) is 0 Å². The molecule has 0 aromatic heterocycles. The summed E-state index contributed by atoms with van der Waals surface area (Å²) < 4.78 is 6.63. The molecule has 0 amide bonds. The van der Waals surface area contributed by atoms with Gasteiger partial charge in [-0.05, 0) is 88.4 Å². The molecule has 28 heavy (non-hydrogen) atoms. The molecule has 0 N–H and O–H groups in total. The van der Waals surface area contributed by atoms with E-state index < -0.39 is 4.92 Å². The zero-order chi connectivity index (χ0) is 20.1. The van der Waals surface area contributed by atoms with Gasteiger partial charge in [0.25, 0.3) is 5.69 Å². The van der Waals surface area contributed by atoms with Crippen molar-refractivity contribution in [2.24, 2.45) is 4.99 Å². The molecule has 0 saturated carbocycles. The summed E-state index contributed by atoms with van der Waals surface area (Å²) in [5.74, 6) is 0.697. The summed E-state index contributed by atoms with van der Waals surface area (Å²) in [6, 6.07) is 18.3. The fourth-order valence-electron chi connectivity index (χ4n) is 2.59. The lowest BCUT2D eigenvalue weighted by atomic mass is 10.1. The molecule has 3 aromatic carbocycles. The SMILES string of the molecule is Cc1ccc(C)c(N=Cc2ccc(OCc3ccc([N+](=O)[O-])cc3)c(Br)c2)c1. The van der Waals surface area contributed by atoms with Crippen LogP contribution < -0.4 is 4.74 Å². The van der Waals surface area contributed by atoms with E-state index in [1.165, 1.54) is 17.7 Å². The molecule has 142 valence electrons. The molecule has 6 heteroatoms. The number of nitro groups is 1. The van der Waals surface area contributed by atoms with Gasteiger partial charge in [-0.25, -0.2) is 0 Å². The fraction of sp³-hybridized carbons (Fsp3) is 0.136. The highest BCUT2D eigenvalue weighted by molar-refractivity contribution is 9.10. The van der Waals surface area contributed by atoms with Gasteiger partial charge in [-0.3, -0.25) is 15.1 Å². The average Bonchev–Trinajstić information content (AvgIpc) is 2.68. The summed E-state index contributed by atoms with van der Waals surface area (Å²) in [6.07, 6.45) is 1.83. The second-order valence-corrected chi connectivity index (χ2v) is 7.30. The van der Waals surface area contributed by atoms with Crippen molar-refractivity contribution in [3.8, 4) is 5.75 Å². The molecule has 0 fully saturated rings. The second-order valence-electron chi connectivity index (χ2n) is 6.45. The van der Waals surface area contributed by atoms with Crippen LogP contribution in [-0.4, -0.2) is 11.1 Å². The number of benzene rings is 3. The van der Waals surface area contributed by atoms with Crippen molar-refractivity contribution >= 4 is 33.5 Å². The molecule has 0 unspecified atom stereocenters. The number of non-ortho nitro benzene ring substituents is 1. The normalized spacial score (nSPS) is 11.0. The van der Waals surface area contributed by atoms with Gasteiger partial charge in [0.2, 0.25) is 0 Å². The Bertz CT molecular complexity index is 1030. The van der Waals surface area contributed by atoms with Gasteiger partial charge in [0.15, 0.2) is 0 Å². The van der Waals surface area contributed by atoms with Gasteiger partial charge in [-0.1, -0.05) is 12.1 Å². The minimum absolute atomic E-state index is 0.0671. The Balaban J connectivity index is 1.67. The molecule has 3 aromatic rings. The van der Waals surface area contributed by atoms with Gasteiger partial charge in [0.1, 0.15) is 12.4 Å². The summed E-state index contributed by atoms with van der Waals surface area (Å²) in [5, 5.41) is 10.7. The van der Waals surface area contributed by atoms with Crippen LogP contribution >= 0.6 is 15.9 Å². The van der Waals surface area contributed by atoms with Crippen molar-refractivity contribution in [3.05, 3.63) is 97.5 Å². The molecule has 0 spiro atoms. The first-order chi connectivity index (χ1) is 13.4. The van der Waals surface area contributed by atoms with Crippen LogP contribution in [0.25, 0.3) is 0 Å². The molecule has 0 radical (unpaired) electrons. The predicted octanol–water partition coefficient (Wildman–Crippen LogP) is 6.30. The summed E-state index contributed by atoms with van der Waals surface area (Å²) in [6.45, 7) is 4.41. The van der Waals surface area contributed by atoms with E-state index in [9.17, 15) is 10.1 Å². The summed E-state index contributed by atoms with van der Waals surface area (Å²) >= 11 is 3.53. The fourth-order valence-corrected chi connectivity index (χ4v) is 3.10. The number of rotatable bonds is 6. The van der Waals surface area contributed by atoms with E-state index in [2.05, 4.69) is 39.1 Å². The molecular weight excluding hydrogens is 420 g/mol. The van der Waals surface area contributed by atoms with Crippen molar-refractivity contribution in [1.82, 2.24) is 0 Å². The lowest BCUT2D eigenvalue weighted by Crippen LogP contribution is -1.97. The summed E-state index contributed by atoms with van der Waals surface area (Å²) in [5.41, 5.74) is 5.14. The standard InChI is InChI=1S/C22H19BrN2O3/c1-15-3-4-16(2)21(11-15)24-13-18-7-10-22(20(23)12-18)28-14-17-5-8-19(9-6-17)25(26)27/h3-13H,14H2,1-2H3. The molecule has 0 aliphatic heterocycles. The minimum Gasteiger partial charge on any atom is -0.488 e. The Hall–Kier alpha value is -2.99. The quantitative estimate of drug-likeness (QED) is 0.257. The van der Waals surface area contributed by atoms with E-state index in [1.54, 1.807) is 12.1 Å². The Morgan fingerprint density at radius 3 is 2.50 bits per heavy atom. The second kappa shape index (κ2) is 8.80. The number of hydrogen-bond acceptors (Lipinski definition) is 4. The molecule has 0 saturated heterocycles. The third-order valence-electron chi connectivity index (χ3n) is 4.21. The first kappa shape index (κ1) is 19.8. The summed E-state index contributed by atoms with van der Waals surface area (Å²) in [4.78, 5) is 14.9. The number of nitrogens with zero attached hydrogens (tertiary/aromatic N) is 2. The lowest BCUT2D eigenvalue weighted by molar-refractivity contribution is -0.384. The van der Waals surface area contributed by atoms with Crippen LogP contribution in [0, 0.1) is 24.0 Å². The van der Waals surface area contributed by atoms with E-state index in [1.807, 2.05) is 38.3 Å². The van der Waals surface area contributed by atoms with Gasteiger partial charge in [0.05, 0.1) is 15.1 Å². The van der Waals surface area contributed by atoms with Crippen molar-refractivity contribution in [3.63, 3.8) is 0 Å².